The highest BCUT2D eigenvalue weighted by Crippen LogP contribution is 2.23. The molecule has 3 heteroatoms. The zero-order valence-corrected chi connectivity index (χ0v) is 11.4. The topological polar surface area (TPSA) is 35.5 Å². The van der Waals surface area contributed by atoms with Crippen LogP contribution in [0, 0.1) is 0 Å². The molecule has 0 fully saturated rings. The van der Waals surface area contributed by atoms with Gasteiger partial charge >= 0.3 is 0 Å². The lowest BCUT2D eigenvalue weighted by Gasteiger charge is -2.06. The molecule has 0 bridgehead atoms. The molecule has 2 aromatic carbocycles. The van der Waals surface area contributed by atoms with Crippen molar-refractivity contribution in [2.24, 2.45) is 0 Å². The molecule has 0 radical (unpaired) electrons. The fraction of sp³-hybridized carbons (Fsp3) is 0.188. The molecule has 0 saturated carbocycles. The number of hydrogen-bond donors (Lipinski definition) is 0. The first-order valence-electron chi connectivity index (χ1n) is 6.19. The van der Waals surface area contributed by atoms with Crippen molar-refractivity contribution in [3.63, 3.8) is 0 Å². The fourth-order valence-electron chi connectivity index (χ4n) is 1.39. The number of ether oxygens (including phenoxy) is 2. The van der Waals surface area contributed by atoms with Crippen LogP contribution >= 0.6 is 0 Å². The lowest BCUT2D eigenvalue weighted by molar-refractivity contribution is 0.112. The van der Waals surface area contributed by atoms with Crippen molar-refractivity contribution in [1.82, 2.24) is 0 Å². The summed E-state index contributed by atoms with van der Waals surface area (Å²) in [6.45, 7) is 4.00. The van der Waals surface area contributed by atoms with Gasteiger partial charge in [0.25, 0.3) is 0 Å². The fourth-order valence-corrected chi connectivity index (χ4v) is 1.39. The maximum absolute atomic E-state index is 10.5. The van der Waals surface area contributed by atoms with E-state index in [4.69, 9.17) is 9.47 Å². The maximum Gasteiger partial charge on any atom is 0.150 e. The van der Waals surface area contributed by atoms with E-state index in [1.54, 1.807) is 31.4 Å². The summed E-state index contributed by atoms with van der Waals surface area (Å²) in [6, 6.07) is 14.3. The van der Waals surface area contributed by atoms with Crippen molar-refractivity contribution in [3.8, 4) is 17.2 Å². The second-order valence-corrected chi connectivity index (χ2v) is 3.46. The lowest BCUT2D eigenvalue weighted by atomic mass is 10.2. The molecule has 19 heavy (non-hydrogen) atoms. The van der Waals surface area contributed by atoms with Gasteiger partial charge in [-0.3, -0.25) is 4.79 Å². The minimum absolute atomic E-state index is 0.632. The van der Waals surface area contributed by atoms with Crippen LogP contribution in [-0.4, -0.2) is 13.4 Å². The third-order valence-corrected chi connectivity index (χ3v) is 2.31. The molecule has 0 saturated heterocycles. The summed E-state index contributed by atoms with van der Waals surface area (Å²) in [5.74, 6) is 2.21. The molecule has 0 unspecified atom stereocenters. The highest BCUT2D eigenvalue weighted by Gasteiger charge is 1.98. The van der Waals surface area contributed by atoms with Crippen LogP contribution in [0.25, 0.3) is 0 Å². The lowest BCUT2D eigenvalue weighted by Crippen LogP contribution is -1.86. The largest absolute Gasteiger partial charge is 0.497 e. The van der Waals surface area contributed by atoms with E-state index in [-0.39, 0.29) is 0 Å². The molecule has 0 aliphatic heterocycles. The van der Waals surface area contributed by atoms with Crippen molar-refractivity contribution in [3.05, 3.63) is 54.1 Å². The Morgan fingerprint density at radius 2 is 1.21 bits per heavy atom. The van der Waals surface area contributed by atoms with Gasteiger partial charge in [-0.25, -0.2) is 0 Å². The first-order valence-corrected chi connectivity index (χ1v) is 6.19. The summed E-state index contributed by atoms with van der Waals surface area (Å²) in [6.07, 6.45) is 0.803. The van der Waals surface area contributed by atoms with Crippen LogP contribution in [0.4, 0.5) is 0 Å². The van der Waals surface area contributed by atoms with Crippen molar-refractivity contribution < 1.29 is 14.3 Å². The van der Waals surface area contributed by atoms with E-state index in [0.29, 0.717) is 11.3 Å². The number of aldehydes is 1. The molecule has 0 aromatic heterocycles. The second-order valence-electron chi connectivity index (χ2n) is 3.46. The van der Waals surface area contributed by atoms with E-state index in [1.165, 1.54) is 0 Å². The molecule has 0 heterocycles. The van der Waals surface area contributed by atoms with Crippen LogP contribution < -0.4 is 9.47 Å². The van der Waals surface area contributed by atoms with Crippen molar-refractivity contribution >= 4 is 6.29 Å². The Hall–Kier alpha value is -2.29. The van der Waals surface area contributed by atoms with Crippen LogP contribution in [-0.2, 0) is 0 Å². The van der Waals surface area contributed by atoms with Gasteiger partial charge in [-0.1, -0.05) is 13.8 Å². The van der Waals surface area contributed by atoms with E-state index >= 15 is 0 Å². The van der Waals surface area contributed by atoms with Crippen molar-refractivity contribution in [2.45, 2.75) is 13.8 Å². The highest BCUT2D eigenvalue weighted by molar-refractivity contribution is 5.74. The summed E-state index contributed by atoms with van der Waals surface area (Å²) in [5, 5.41) is 0. The molecular formula is C16H18O3. The molecule has 0 aliphatic rings. The summed E-state index contributed by atoms with van der Waals surface area (Å²) < 4.78 is 10.7. The Morgan fingerprint density at radius 3 is 1.63 bits per heavy atom. The molecular weight excluding hydrogens is 240 g/mol. The molecule has 0 atom stereocenters. The molecule has 3 nitrogen and oxygen atoms in total. The molecule has 0 spiro atoms. The number of rotatable bonds is 4. The number of carbonyl (C=O) groups is 1. The van der Waals surface area contributed by atoms with E-state index in [2.05, 4.69) is 0 Å². The van der Waals surface area contributed by atoms with E-state index in [9.17, 15) is 4.79 Å². The van der Waals surface area contributed by atoms with E-state index in [1.807, 2.05) is 38.1 Å². The summed E-state index contributed by atoms with van der Waals surface area (Å²) in [7, 11) is 1.62. The van der Waals surface area contributed by atoms with Crippen LogP contribution in [0.2, 0.25) is 0 Å². The van der Waals surface area contributed by atoms with E-state index in [0.717, 1.165) is 17.8 Å². The monoisotopic (exact) mass is 258 g/mol. The van der Waals surface area contributed by atoms with Crippen LogP contribution in [0.3, 0.4) is 0 Å². The smallest absolute Gasteiger partial charge is 0.150 e. The van der Waals surface area contributed by atoms with Gasteiger partial charge in [-0.15, -0.1) is 0 Å². The predicted molar refractivity (Wildman–Crippen MR) is 76.2 cm³/mol. The summed E-state index contributed by atoms with van der Waals surface area (Å²) >= 11 is 0. The second kappa shape index (κ2) is 7.93. The summed E-state index contributed by atoms with van der Waals surface area (Å²) in [5.41, 5.74) is 0.632. The average molecular weight is 258 g/mol. The average Bonchev–Trinajstić information content (AvgIpc) is 2.51. The minimum atomic E-state index is 0.632. The Balaban J connectivity index is 0.000000861. The minimum Gasteiger partial charge on any atom is -0.497 e. The van der Waals surface area contributed by atoms with Gasteiger partial charge in [0.2, 0.25) is 0 Å². The van der Waals surface area contributed by atoms with Gasteiger partial charge in [0.1, 0.15) is 23.5 Å². The standard InChI is InChI=1S/C14H12O3.C2H6/c1-16-12-6-8-14(9-7-12)17-13-4-2-11(10-15)3-5-13;1-2/h2-10H,1H3;1-2H3. The molecule has 0 aliphatic carbocycles. The first-order chi connectivity index (χ1) is 9.31. The number of benzene rings is 2. The molecule has 0 amide bonds. The van der Waals surface area contributed by atoms with Gasteiger partial charge in [0, 0.05) is 5.56 Å². The molecule has 100 valence electrons. The van der Waals surface area contributed by atoms with Crippen molar-refractivity contribution in [2.75, 3.05) is 7.11 Å². The van der Waals surface area contributed by atoms with Gasteiger partial charge < -0.3 is 9.47 Å². The van der Waals surface area contributed by atoms with Gasteiger partial charge in [0.15, 0.2) is 0 Å². The maximum atomic E-state index is 10.5. The van der Waals surface area contributed by atoms with Crippen LogP contribution in [0.1, 0.15) is 24.2 Å². The molecule has 2 aromatic rings. The SMILES string of the molecule is CC.COc1ccc(Oc2ccc(C=O)cc2)cc1. The van der Waals surface area contributed by atoms with E-state index < -0.39 is 0 Å². The normalized spacial score (nSPS) is 9.00. The van der Waals surface area contributed by atoms with Crippen molar-refractivity contribution in [1.29, 1.82) is 0 Å². The Labute approximate surface area is 113 Å². The Bertz CT molecular complexity index is 486. The first kappa shape index (κ1) is 14.8. The number of methoxy groups -OCH3 is 1. The predicted octanol–water partition coefficient (Wildman–Crippen LogP) is 4.33. The van der Waals surface area contributed by atoms with Gasteiger partial charge in [0.05, 0.1) is 7.11 Å². The van der Waals surface area contributed by atoms with Gasteiger partial charge in [-0.05, 0) is 48.5 Å². The summed E-state index contributed by atoms with van der Waals surface area (Å²) in [4.78, 5) is 10.5. The number of carbonyl (C=O) groups excluding carboxylic acids is 1. The van der Waals surface area contributed by atoms with Gasteiger partial charge in [-0.2, -0.15) is 0 Å². The highest BCUT2D eigenvalue weighted by atomic mass is 16.5. The third kappa shape index (κ3) is 4.47. The number of hydrogen-bond acceptors (Lipinski definition) is 3. The molecule has 0 N–H and O–H groups in total. The Kier molecular flexibility index (Phi) is 6.16. The Morgan fingerprint density at radius 1 is 0.789 bits per heavy atom. The quantitative estimate of drug-likeness (QED) is 0.766. The third-order valence-electron chi connectivity index (χ3n) is 2.31. The van der Waals surface area contributed by atoms with Crippen LogP contribution in [0.15, 0.2) is 48.5 Å². The van der Waals surface area contributed by atoms with Crippen LogP contribution in [0.5, 0.6) is 17.2 Å². The zero-order valence-electron chi connectivity index (χ0n) is 11.4. The molecule has 2 rings (SSSR count). The zero-order chi connectivity index (χ0) is 14.1.